The van der Waals surface area contributed by atoms with Crippen LogP contribution in [0, 0.1) is 0 Å². The summed E-state index contributed by atoms with van der Waals surface area (Å²) in [6.07, 6.45) is 11.5. The van der Waals surface area contributed by atoms with E-state index in [0.29, 0.717) is 3.63 Å². The molecule has 168 valence electrons. The molecule has 0 N–H and O–H groups in total. The second kappa shape index (κ2) is 14.9. The maximum atomic E-state index is 6.34. The molecule has 1 atom stereocenters. The van der Waals surface area contributed by atoms with Crippen molar-refractivity contribution in [3.8, 4) is 11.1 Å². The van der Waals surface area contributed by atoms with Gasteiger partial charge in [-0.2, -0.15) is 0 Å². The zero-order valence-corrected chi connectivity index (χ0v) is 24.5. The molecule has 1 aliphatic rings. The molecule has 1 unspecified atom stereocenters. The third-order valence-corrected chi connectivity index (χ3v) is 13.0. The van der Waals surface area contributed by atoms with E-state index in [1.807, 2.05) is 0 Å². The predicted octanol–water partition coefficient (Wildman–Crippen LogP) is 1.72. The quantitative estimate of drug-likeness (QED) is 0.304. The average Bonchev–Trinajstić information content (AvgIpc) is 3.07. The zero-order valence-electron chi connectivity index (χ0n) is 19.4. The van der Waals surface area contributed by atoms with Crippen LogP contribution in [0.2, 0.25) is 13.1 Å². The van der Waals surface area contributed by atoms with Gasteiger partial charge in [-0.1, -0.05) is 13.3 Å². The van der Waals surface area contributed by atoms with Gasteiger partial charge in [-0.15, -0.1) is 0 Å². The molecule has 0 spiro atoms. The van der Waals surface area contributed by atoms with E-state index in [2.05, 4.69) is 75.5 Å². The summed E-state index contributed by atoms with van der Waals surface area (Å²) in [4.78, 5) is 0. The number of hydrogen-bond donors (Lipinski definition) is 0. The number of halogens is 2. The van der Waals surface area contributed by atoms with E-state index in [1.54, 1.807) is 5.57 Å². The summed E-state index contributed by atoms with van der Waals surface area (Å²) in [6.45, 7) is 9.18. The molecule has 0 aromatic heterocycles. The van der Waals surface area contributed by atoms with Gasteiger partial charge < -0.3 is 24.8 Å². The first kappa shape index (κ1) is 28.9. The van der Waals surface area contributed by atoms with Gasteiger partial charge in [0.25, 0.3) is 0 Å². The Morgan fingerprint density at radius 2 is 1.61 bits per heavy atom. The van der Waals surface area contributed by atoms with Gasteiger partial charge in [0.2, 0.25) is 0 Å². The summed E-state index contributed by atoms with van der Waals surface area (Å²) in [6, 6.07) is 16.3. The number of benzene rings is 2. The van der Waals surface area contributed by atoms with Crippen LogP contribution >= 0.6 is 0 Å². The maximum absolute atomic E-state index is 6.34. The van der Waals surface area contributed by atoms with Crippen LogP contribution in [0.3, 0.4) is 0 Å². The molecule has 2 aromatic carbocycles. The smallest absolute Gasteiger partial charge is 1.00 e. The number of fused-ring (bicyclic) bond motifs is 1. The first-order valence-corrected chi connectivity index (χ1v) is 16.7. The van der Waals surface area contributed by atoms with Gasteiger partial charge >= 0.3 is 179 Å². The summed E-state index contributed by atoms with van der Waals surface area (Å²) in [7, 11) is -0.932. The van der Waals surface area contributed by atoms with E-state index >= 15 is 0 Å². The minimum atomic E-state index is -0.932. The standard InChI is InChI=1S/C24H29.C2H7OSi.2ClH.Zr/c1-3-5-6-7-10-19-13-15-21(16-14-19)23-12-8-11-22-17-20(9-4-2)18-24(22)23;1-4(2)3;;;/h8,11-18H,3-7,9-10H2,1-2H3;4H,1-2H3;2*1H;/q;-1;;;+3/p-2. The number of rotatable bonds is 11. The third kappa shape index (κ3) is 7.97. The molecular formula is C26H36Cl2OSiZr. The van der Waals surface area contributed by atoms with Crippen molar-refractivity contribution in [2.45, 2.75) is 75.5 Å². The van der Waals surface area contributed by atoms with E-state index < -0.39 is 32.7 Å². The predicted molar refractivity (Wildman–Crippen MR) is 125 cm³/mol. The topological polar surface area (TPSA) is 9.23 Å². The molecule has 3 rings (SSSR count). The van der Waals surface area contributed by atoms with E-state index in [9.17, 15) is 0 Å². The summed E-state index contributed by atoms with van der Waals surface area (Å²) in [5.74, 6) is 0. The Hall–Kier alpha value is -0.180. The molecule has 0 aliphatic heterocycles. The molecule has 0 bridgehead atoms. The minimum absolute atomic E-state index is 0. The molecule has 5 heteroatoms. The molecular weight excluding hydrogens is 519 g/mol. The van der Waals surface area contributed by atoms with Crippen LogP contribution in [0.5, 0.6) is 0 Å². The molecule has 1 nitrogen and oxygen atoms in total. The van der Waals surface area contributed by atoms with Gasteiger partial charge in [0.1, 0.15) is 0 Å². The minimum Gasteiger partial charge on any atom is -1.00 e. The first-order chi connectivity index (χ1) is 14.1. The van der Waals surface area contributed by atoms with E-state index in [4.69, 9.17) is 2.50 Å². The van der Waals surface area contributed by atoms with Crippen molar-refractivity contribution in [2.75, 3.05) is 0 Å². The Bertz CT molecular complexity index is 821. The monoisotopic (exact) mass is 552 g/mol. The number of hydrogen-bond acceptors (Lipinski definition) is 1. The van der Waals surface area contributed by atoms with Gasteiger partial charge in [0.05, 0.1) is 0 Å². The second-order valence-electron chi connectivity index (χ2n) is 8.50. The summed E-state index contributed by atoms with van der Waals surface area (Å²) in [5, 5.41) is 0. The normalized spacial score (nSPS) is 14.4. The van der Waals surface area contributed by atoms with Crippen LogP contribution < -0.4 is 24.8 Å². The van der Waals surface area contributed by atoms with Crippen molar-refractivity contribution >= 4 is 15.1 Å². The van der Waals surface area contributed by atoms with E-state index in [0.717, 1.165) is 0 Å². The van der Waals surface area contributed by atoms with Gasteiger partial charge in [0, 0.05) is 0 Å². The molecule has 0 saturated heterocycles. The van der Waals surface area contributed by atoms with Crippen molar-refractivity contribution in [2.24, 2.45) is 0 Å². The van der Waals surface area contributed by atoms with Gasteiger partial charge in [-0.05, 0) is 0 Å². The van der Waals surface area contributed by atoms with Crippen LogP contribution in [0.15, 0.2) is 48.0 Å². The maximum Gasteiger partial charge on any atom is -1.00 e. The Morgan fingerprint density at radius 1 is 0.871 bits per heavy atom. The van der Waals surface area contributed by atoms with Crippen LogP contribution in [0.4, 0.5) is 0 Å². The molecule has 0 heterocycles. The zero-order chi connectivity index (χ0) is 20.6. The van der Waals surface area contributed by atoms with Crippen molar-refractivity contribution in [3.05, 3.63) is 64.7 Å². The van der Waals surface area contributed by atoms with Crippen LogP contribution in [-0.2, 0) is 32.6 Å². The molecule has 31 heavy (non-hydrogen) atoms. The Morgan fingerprint density at radius 3 is 2.26 bits per heavy atom. The largest absolute Gasteiger partial charge is 1.00 e. The van der Waals surface area contributed by atoms with Gasteiger partial charge in [-0.3, -0.25) is 0 Å². The summed E-state index contributed by atoms with van der Waals surface area (Å²) < 4.78 is 6.96. The van der Waals surface area contributed by atoms with Crippen molar-refractivity contribution in [3.63, 3.8) is 0 Å². The molecule has 2 aromatic rings. The fourth-order valence-electron chi connectivity index (χ4n) is 4.17. The molecule has 0 radical (unpaired) electrons. The Kier molecular flexibility index (Phi) is 13.8. The Balaban J connectivity index is 0.00000240. The third-order valence-electron chi connectivity index (χ3n) is 5.70. The van der Waals surface area contributed by atoms with Crippen molar-refractivity contribution in [1.82, 2.24) is 0 Å². The van der Waals surface area contributed by atoms with E-state index in [-0.39, 0.29) is 24.8 Å². The van der Waals surface area contributed by atoms with Gasteiger partial charge in [-0.25, -0.2) is 0 Å². The van der Waals surface area contributed by atoms with Crippen molar-refractivity contribution < 1.29 is 51.0 Å². The first-order valence-electron chi connectivity index (χ1n) is 11.5. The summed E-state index contributed by atoms with van der Waals surface area (Å²) in [5.41, 5.74) is 8.86. The number of aryl methyl sites for hydroxylation is 1. The fraction of sp³-hybridized carbons (Fsp3) is 0.462. The van der Waals surface area contributed by atoms with Crippen molar-refractivity contribution in [1.29, 1.82) is 0 Å². The van der Waals surface area contributed by atoms with Crippen LogP contribution in [-0.4, -0.2) is 9.04 Å². The fourth-order valence-corrected chi connectivity index (χ4v) is 9.45. The molecule has 0 fully saturated rings. The van der Waals surface area contributed by atoms with Crippen LogP contribution in [0.25, 0.3) is 17.2 Å². The number of unbranched alkanes of at least 4 members (excludes halogenated alkanes) is 3. The van der Waals surface area contributed by atoms with Crippen LogP contribution in [0.1, 0.15) is 72.7 Å². The SMILES string of the molecule is CCCCCCc1ccc(-c2cccc3c2C=C(CCC)[CH]3[Zr+2][O][SiH](C)C)cc1.[Cl-].[Cl-]. The molecule has 0 saturated carbocycles. The Labute approximate surface area is 216 Å². The molecule has 0 amide bonds. The average molecular weight is 555 g/mol. The van der Waals surface area contributed by atoms with Gasteiger partial charge in [0.15, 0.2) is 0 Å². The molecule has 1 aliphatic carbocycles. The second-order valence-corrected chi connectivity index (χ2v) is 14.6. The van der Waals surface area contributed by atoms with E-state index in [1.165, 1.54) is 72.8 Å². The summed E-state index contributed by atoms with van der Waals surface area (Å²) >= 11 is -0.875. The number of allylic oxidation sites excluding steroid dienone is 1.